The molecule has 0 aliphatic rings. The van der Waals surface area contributed by atoms with Crippen LogP contribution in [0.4, 0.5) is 0 Å². The van der Waals surface area contributed by atoms with E-state index in [0.717, 1.165) is 18.1 Å². The van der Waals surface area contributed by atoms with Crippen LogP contribution in [0, 0.1) is 12.8 Å². The Labute approximate surface area is 126 Å². The number of aryl methyl sites for hydroxylation is 1. The Hall–Kier alpha value is -1.32. The van der Waals surface area contributed by atoms with Gasteiger partial charge >= 0.3 is 0 Å². The standard InChI is InChI=1S/C17H22N2S/c1-13(2)10-18-11-15-6-9-17(19-12-15)20-16-7-4-14(3)5-8-16/h4-9,12-13,18H,10-11H2,1-3H3. The van der Waals surface area contributed by atoms with E-state index in [1.54, 1.807) is 11.8 Å². The maximum atomic E-state index is 4.52. The molecule has 0 saturated heterocycles. The summed E-state index contributed by atoms with van der Waals surface area (Å²) in [5, 5.41) is 4.47. The van der Waals surface area contributed by atoms with E-state index in [1.807, 2.05) is 6.20 Å². The summed E-state index contributed by atoms with van der Waals surface area (Å²) in [4.78, 5) is 5.75. The highest BCUT2D eigenvalue weighted by Gasteiger charge is 2.00. The Balaban J connectivity index is 1.89. The quantitative estimate of drug-likeness (QED) is 0.857. The Kier molecular flexibility index (Phi) is 5.62. The molecule has 20 heavy (non-hydrogen) atoms. The van der Waals surface area contributed by atoms with Gasteiger partial charge in [0.2, 0.25) is 0 Å². The smallest absolute Gasteiger partial charge is 0.101 e. The monoisotopic (exact) mass is 286 g/mol. The molecular formula is C17H22N2S. The van der Waals surface area contributed by atoms with Crippen LogP contribution in [0.2, 0.25) is 0 Å². The summed E-state index contributed by atoms with van der Waals surface area (Å²) >= 11 is 1.70. The number of rotatable bonds is 6. The predicted octanol–water partition coefficient (Wildman–Crippen LogP) is 4.29. The molecule has 0 aliphatic carbocycles. The third-order valence-electron chi connectivity index (χ3n) is 2.92. The fourth-order valence-electron chi connectivity index (χ4n) is 1.81. The molecule has 0 saturated carbocycles. The minimum Gasteiger partial charge on any atom is -0.312 e. The topological polar surface area (TPSA) is 24.9 Å². The van der Waals surface area contributed by atoms with Gasteiger partial charge in [0.15, 0.2) is 0 Å². The van der Waals surface area contributed by atoms with Gasteiger partial charge in [0.1, 0.15) is 5.03 Å². The molecule has 0 aliphatic heterocycles. The van der Waals surface area contributed by atoms with Gasteiger partial charge in [-0.2, -0.15) is 0 Å². The van der Waals surface area contributed by atoms with Crippen molar-refractivity contribution in [1.82, 2.24) is 10.3 Å². The largest absolute Gasteiger partial charge is 0.312 e. The van der Waals surface area contributed by atoms with Crippen LogP contribution in [0.3, 0.4) is 0 Å². The van der Waals surface area contributed by atoms with Gasteiger partial charge < -0.3 is 5.32 Å². The summed E-state index contributed by atoms with van der Waals surface area (Å²) in [6, 6.07) is 12.8. The van der Waals surface area contributed by atoms with E-state index in [0.29, 0.717) is 5.92 Å². The van der Waals surface area contributed by atoms with Gasteiger partial charge in [0.25, 0.3) is 0 Å². The lowest BCUT2D eigenvalue weighted by Crippen LogP contribution is -2.18. The summed E-state index contributed by atoms with van der Waals surface area (Å²) in [5.41, 5.74) is 2.52. The van der Waals surface area contributed by atoms with Crippen molar-refractivity contribution in [2.24, 2.45) is 5.92 Å². The van der Waals surface area contributed by atoms with Crippen LogP contribution >= 0.6 is 11.8 Å². The number of nitrogens with zero attached hydrogens (tertiary/aromatic N) is 1. The summed E-state index contributed by atoms with van der Waals surface area (Å²) < 4.78 is 0. The third-order valence-corrected chi connectivity index (χ3v) is 3.88. The van der Waals surface area contributed by atoms with Crippen LogP contribution in [0.1, 0.15) is 25.0 Å². The lowest BCUT2D eigenvalue weighted by atomic mass is 10.2. The molecule has 0 spiro atoms. The Morgan fingerprint density at radius 2 is 1.85 bits per heavy atom. The lowest BCUT2D eigenvalue weighted by molar-refractivity contribution is 0.551. The molecular weight excluding hydrogens is 264 g/mol. The zero-order valence-electron chi connectivity index (χ0n) is 12.4. The minimum atomic E-state index is 0.680. The summed E-state index contributed by atoms with van der Waals surface area (Å²) in [7, 11) is 0. The van der Waals surface area contributed by atoms with E-state index < -0.39 is 0 Å². The molecule has 3 heteroatoms. The molecule has 1 heterocycles. The fourth-order valence-corrected chi connectivity index (χ4v) is 2.56. The lowest BCUT2D eigenvalue weighted by Gasteiger charge is -2.07. The summed E-state index contributed by atoms with van der Waals surface area (Å²) in [5.74, 6) is 0.680. The van der Waals surface area contributed by atoms with E-state index in [4.69, 9.17) is 0 Å². The molecule has 2 aromatic rings. The zero-order chi connectivity index (χ0) is 14.4. The molecule has 2 nitrogen and oxygen atoms in total. The van der Waals surface area contributed by atoms with Crippen LogP contribution in [-0.4, -0.2) is 11.5 Å². The average molecular weight is 286 g/mol. The van der Waals surface area contributed by atoms with Crippen LogP contribution < -0.4 is 5.32 Å². The average Bonchev–Trinajstić information content (AvgIpc) is 2.43. The maximum Gasteiger partial charge on any atom is 0.101 e. The van der Waals surface area contributed by atoms with Gasteiger partial charge in [-0.05, 0) is 43.1 Å². The summed E-state index contributed by atoms with van der Waals surface area (Å²) in [6.07, 6.45) is 1.96. The number of hydrogen-bond acceptors (Lipinski definition) is 3. The first kappa shape index (κ1) is 15.1. The summed E-state index contributed by atoms with van der Waals surface area (Å²) in [6.45, 7) is 8.46. The van der Waals surface area contributed by atoms with Gasteiger partial charge in [0, 0.05) is 17.6 Å². The fraction of sp³-hybridized carbons (Fsp3) is 0.353. The van der Waals surface area contributed by atoms with Crippen molar-refractivity contribution in [2.75, 3.05) is 6.54 Å². The second kappa shape index (κ2) is 7.46. The number of benzene rings is 1. The van der Waals surface area contributed by atoms with Gasteiger partial charge in [0.05, 0.1) is 0 Å². The van der Waals surface area contributed by atoms with E-state index >= 15 is 0 Å². The Bertz CT molecular complexity index is 518. The van der Waals surface area contributed by atoms with Gasteiger partial charge in [-0.3, -0.25) is 0 Å². The first-order valence-corrected chi connectivity index (χ1v) is 7.85. The van der Waals surface area contributed by atoms with Crippen molar-refractivity contribution in [2.45, 2.75) is 37.2 Å². The maximum absolute atomic E-state index is 4.52. The third kappa shape index (κ3) is 4.99. The van der Waals surface area contributed by atoms with Crippen LogP contribution in [0.5, 0.6) is 0 Å². The highest BCUT2D eigenvalue weighted by Crippen LogP contribution is 2.25. The molecule has 1 aromatic carbocycles. The van der Waals surface area contributed by atoms with E-state index in [1.165, 1.54) is 16.0 Å². The highest BCUT2D eigenvalue weighted by atomic mass is 32.2. The van der Waals surface area contributed by atoms with Crippen molar-refractivity contribution in [3.63, 3.8) is 0 Å². The van der Waals surface area contributed by atoms with Crippen LogP contribution in [0.15, 0.2) is 52.5 Å². The Morgan fingerprint density at radius 1 is 1.10 bits per heavy atom. The Morgan fingerprint density at radius 3 is 2.45 bits per heavy atom. The van der Waals surface area contributed by atoms with Crippen LogP contribution in [-0.2, 0) is 6.54 Å². The second-order valence-electron chi connectivity index (χ2n) is 5.44. The molecule has 0 amide bonds. The van der Waals surface area contributed by atoms with Crippen LogP contribution in [0.25, 0.3) is 0 Å². The molecule has 0 unspecified atom stereocenters. The highest BCUT2D eigenvalue weighted by molar-refractivity contribution is 7.99. The van der Waals surface area contributed by atoms with Crippen molar-refractivity contribution in [1.29, 1.82) is 0 Å². The van der Waals surface area contributed by atoms with Gasteiger partial charge in [-0.25, -0.2) is 4.98 Å². The molecule has 1 N–H and O–H groups in total. The molecule has 1 aromatic heterocycles. The molecule has 0 radical (unpaired) electrons. The second-order valence-corrected chi connectivity index (χ2v) is 6.54. The van der Waals surface area contributed by atoms with Gasteiger partial charge in [-0.1, -0.05) is 49.4 Å². The predicted molar refractivity (Wildman–Crippen MR) is 86.1 cm³/mol. The van der Waals surface area contributed by atoms with Gasteiger partial charge in [-0.15, -0.1) is 0 Å². The van der Waals surface area contributed by atoms with E-state index in [-0.39, 0.29) is 0 Å². The number of aromatic nitrogens is 1. The van der Waals surface area contributed by atoms with Crippen molar-refractivity contribution in [3.8, 4) is 0 Å². The number of pyridine rings is 1. The van der Waals surface area contributed by atoms with E-state index in [9.17, 15) is 0 Å². The molecule has 2 rings (SSSR count). The minimum absolute atomic E-state index is 0.680. The van der Waals surface area contributed by atoms with Crippen molar-refractivity contribution < 1.29 is 0 Å². The molecule has 106 valence electrons. The molecule has 0 bridgehead atoms. The van der Waals surface area contributed by atoms with Crippen molar-refractivity contribution in [3.05, 3.63) is 53.7 Å². The first-order valence-electron chi connectivity index (χ1n) is 7.03. The molecule has 0 fully saturated rings. The van der Waals surface area contributed by atoms with E-state index in [2.05, 4.69) is 67.5 Å². The normalized spacial score (nSPS) is 11.0. The zero-order valence-corrected chi connectivity index (χ0v) is 13.2. The number of hydrogen-bond donors (Lipinski definition) is 1. The molecule has 0 atom stereocenters. The first-order chi connectivity index (χ1) is 9.63. The SMILES string of the molecule is Cc1ccc(Sc2ccc(CNCC(C)C)cn2)cc1. The van der Waals surface area contributed by atoms with Crippen molar-refractivity contribution >= 4 is 11.8 Å². The number of nitrogens with one attached hydrogen (secondary N) is 1.